The fourth-order valence-electron chi connectivity index (χ4n) is 3.01. The van der Waals surface area contributed by atoms with E-state index in [1.807, 2.05) is 0 Å². The first-order chi connectivity index (χ1) is 15.0. The summed E-state index contributed by atoms with van der Waals surface area (Å²) < 4.78 is 57.5. The van der Waals surface area contributed by atoms with Gasteiger partial charge in [-0.3, -0.25) is 13.9 Å². The number of nitrogens with one attached hydrogen (secondary N) is 1. The maximum Gasteiger partial charge on any atom is 0.244 e. The summed E-state index contributed by atoms with van der Waals surface area (Å²) >= 11 is 0. The molecular weight excluding hydrogens is 444 g/mol. The van der Waals surface area contributed by atoms with Crippen molar-refractivity contribution in [3.05, 3.63) is 59.7 Å². The summed E-state index contributed by atoms with van der Waals surface area (Å²) in [6.07, 6.45) is 0.843. The highest BCUT2D eigenvalue weighted by Gasteiger charge is 2.30. The van der Waals surface area contributed by atoms with Crippen molar-refractivity contribution in [3.63, 3.8) is 0 Å². The van der Waals surface area contributed by atoms with Crippen molar-refractivity contribution in [2.24, 2.45) is 0 Å². The number of benzene rings is 2. The summed E-state index contributed by atoms with van der Waals surface area (Å²) in [5.74, 6) is -3.03. The molecule has 32 heavy (non-hydrogen) atoms. The molecule has 0 aliphatic rings. The molecule has 0 aromatic heterocycles. The molecule has 2 aromatic carbocycles. The lowest BCUT2D eigenvalue weighted by Crippen LogP contribution is -2.50. The molecule has 8 nitrogen and oxygen atoms in total. The van der Waals surface area contributed by atoms with Gasteiger partial charge in [0.15, 0.2) is 11.6 Å². The topological polar surface area (TPSA) is 96.0 Å². The average molecular weight is 470 g/mol. The lowest BCUT2D eigenvalue weighted by molar-refractivity contribution is -0.139. The minimum atomic E-state index is -4.04. The molecule has 0 saturated carbocycles. The molecule has 0 spiro atoms. The molecule has 2 amide bonds. The summed E-state index contributed by atoms with van der Waals surface area (Å²) in [4.78, 5) is 26.6. The second-order valence-corrected chi connectivity index (χ2v) is 8.94. The van der Waals surface area contributed by atoms with Crippen LogP contribution in [0.15, 0.2) is 42.5 Å². The summed E-state index contributed by atoms with van der Waals surface area (Å²) in [6, 6.07) is 8.42. The zero-order valence-corrected chi connectivity index (χ0v) is 18.9. The number of anilines is 1. The lowest BCUT2D eigenvalue weighted by Gasteiger charge is -2.31. The van der Waals surface area contributed by atoms with Crippen LogP contribution in [0.1, 0.15) is 12.5 Å². The molecule has 0 aliphatic carbocycles. The van der Waals surface area contributed by atoms with Crippen molar-refractivity contribution >= 4 is 27.5 Å². The van der Waals surface area contributed by atoms with Gasteiger partial charge in [-0.1, -0.05) is 12.1 Å². The van der Waals surface area contributed by atoms with Gasteiger partial charge >= 0.3 is 0 Å². The predicted octanol–water partition coefficient (Wildman–Crippen LogP) is 1.90. The highest BCUT2D eigenvalue weighted by molar-refractivity contribution is 7.92. The molecule has 1 atom stereocenters. The number of carbonyl (C=O) groups is 2. The first-order valence-electron chi connectivity index (χ1n) is 9.54. The Hall–Kier alpha value is -3.21. The van der Waals surface area contributed by atoms with Crippen LogP contribution in [0.3, 0.4) is 0 Å². The van der Waals surface area contributed by atoms with Crippen LogP contribution < -0.4 is 14.4 Å². The number of carbonyl (C=O) groups excluding carboxylic acids is 2. The van der Waals surface area contributed by atoms with Crippen LogP contribution in [0.25, 0.3) is 0 Å². The number of rotatable bonds is 9. The van der Waals surface area contributed by atoms with Crippen molar-refractivity contribution in [1.29, 1.82) is 0 Å². The fourth-order valence-corrected chi connectivity index (χ4v) is 3.85. The first kappa shape index (κ1) is 25.1. The predicted molar refractivity (Wildman–Crippen MR) is 116 cm³/mol. The highest BCUT2D eigenvalue weighted by atomic mass is 32.2. The molecule has 11 heteroatoms. The number of methoxy groups -OCH3 is 1. The Labute approximate surface area is 185 Å². The third kappa shape index (κ3) is 6.16. The average Bonchev–Trinajstić information content (AvgIpc) is 2.75. The quantitative estimate of drug-likeness (QED) is 0.605. The molecule has 0 radical (unpaired) electrons. The van der Waals surface area contributed by atoms with E-state index in [9.17, 15) is 26.8 Å². The Morgan fingerprint density at radius 2 is 1.81 bits per heavy atom. The van der Waals surface area contributed by atoms with E-state index in [1.54, 1.807) is 24.3 Å². The molecule has 0 heterocycles. The number of sulfonamides is 1. The standard InChI is InChI=1S/C21H25F2N3O5S/c1-14(21(28)24-2)25(12-15-6-5-7-17(10-15)31-3)20(27)13-26(32(4,29)30)16-8-9-18(22)19(23)11-16/h5-11,14H,12-13H2,1-4H3,(H,24,28)/t14-/m0/s1. The monoisotopic (exact) mass is 469 g/mol. The Morgan fingerprint density at radius 3 is 2.38 bits per heavy atom. The summed E-state index contributed by atoms with van der Waals surface area (Å²) in [6.45, 7) is 0.772. The Morgan fingerprint density at radius 1 is 1.12 bits per heavy atom. The normalized spacial score (nSPS) is 12.1. The molecule has 0 saturated heterocycles. The number of likely N-dealkylation sites (N-methyl/N-ethyl adjacent to an activating group) is 1. The molecule has 0 bridgehead atoms. The van der Waals surface area contributed by atoms with Crippen LogP contribution in [0, 0.1) is 11.6 Å². The largest absolute Gasteiger partial charge is 0.497 e. The molecular formula is C21H25F2N3O5S. The van der Waals surface area contributed by atoms with Crippen LogP contribution in [0.2, 0.25) is 0 Å². The summed E-state index contributed by atoms with van der Waals surface area (Å²) in [7, 11) is -1.13. The van der Waals surface area contributed by atoms with Gasteiger partial charge < -0.3 is 15.0 Å². The van der Waals surface area contributed by atoms with E-state index in [-0.39, 0.29) is 12.2 Å². The van der Waals surface area contributed by atoms with Gasteiger partial charge in [-0.2, -0.15) is 0 Å². The first-order valence-corrected chi connectivity index (χ1v) is 11.4. The summed E-state index contributed by atoms with van der Waals surface area (Å²) in [5.41, 5.74) is 0.431. The number of hydrogen-bond acceptors (Lipinski definition) is 5. The van der Waals surface area contributed by atoms with Crippen LogP contribution in [0.4, 0.5) is 14.5 Å². The van der Waals surface area contributed by atoms with E-state index < -0.39 is 46.1 Å². The fraction of sp³-hybridized carbons (Fsp3) is 0.333. The third-order valence-corrected chi connectivity index (χ3v) is 5.91. The van der Waals surface area contributed by atoms with Gasteiger partial charge in [0.25, 0.3) is 0 Å². The Balaban J connectivity index is 2.41. The summed E-state index contributed by atoms with van der Waals surface area (Å²) in [5, 5.41) is 2.46. The molecule has 0 aliphatic heterocycles. The second-order valence-electron chi connectivity index (χ2n) is 7.03. The zero-order chi connectivity index (χ0) is 24.1. The molecule has 1 N–H and O–H groups in total. The molecule has 2 rings (SSSR count). The van der Waals surface area contributed by atoms with Crippen LogP contribution in [-0.4, -0.2) is 58.1 Å². The number of ether oxygens (including phenoxy) is 1. The minimum Gasteiger partial charge on any atom is -0.497 e. The van der Waals surface area contributed by atoms with Gasteiger partial charge in [0.1, 0.15) is 18.3 Å². The third-order valence-electron chi connectivity index (χ3n) is 4.77. The molecule has 0 fully saturated rings. The van der Waals surface area contributed by atoms with E-state index in [1.165, 1.54) is 26.0 Å². The minimum absolute atomic E-state index is 0.0139. The second kappa shape index (κ2) is 10.4. The van der Waals surface area contributed by atoms with Gasteiger partial charge in [-0.05, 0) is 36.8 Å². The van der Waals surface area contributed by atoms with Gasteiger partial charge in [-0.25, -0.2) is 17.2 Å². The van der Waals surface area contributed by atoms with Crippen molar-refractivity contribution in [2.75, 3.05) is 31.3 Å². The van der Waals surface area contributed by atoms with Crippen LogP contribution in [-0.2, 0) is 26.2 Å². The van der Waals surface area contributed by atoms with Gasteiger partial charge in [0.2, 0.25) is 21.8 Å². The Kier molecular flexibility index (Phi) is 8.14. The number of amides is 2. The zero-order valence-electron chi connectivity index (χ0n) is 18.1. The maximum atomic E-state index is 13.7. The van der Waals surface area contributed by atoms with Crippen molar-refractivity contribution in [1.82, 2.24) is 10.2 Å². The highest BCUT2D eigenvalue weighted by Crippen LogP contribution is 2.22. The van der Waals surface area contributed by atoms with E-state index in [0.717, 1.165) is 18.4 Å². The number of halogens is 2. The molecule has 0 unspecified atom stereocenters. The van der Waals surface area contributed by atoms with Crippen molar-refractivity contribution in [2.45, 2.75) is 19.5 Å². The smallest absolute Gasteiger partial charge is 0.244 e. The Bertz CT molecular complexity index is 1090. The van der Waals surface area contributed by atoms with Crippen LogP contribution in [0.5, 0.6) is 5.75 Å². The molecule has 2 aromatic rings. The molecule has 174 valence electrons. The van der Waals surface area contributed by atoms with Crippen LogP contribution >= 0.6 is 0 Å². The van der Waals surface area contributed by atoms with E-state index in [4.69, 9.17) is 4.74 Å². The maximum absolute atomic E-state index is 13.7. The van der Waals surface area contributed by atoms with E-state index in [0.29, 0.717) is 21.7 Å². The van der Waals surface area contributed by atoms with Crippen molar-refractivity contribution in [3.8, 4) is 5.75 Å². The number of nitrogens with zero attached hydrogens (tertiary/aromatic N) is 2. The SMILES string of the molecule is CNC(=O)[C@H](C)N(Cc1cccc(OC)c1)C(=O)CN(c1ccc(F)c(F)c1)S(C)(=O)=O. The van der Waals surface area contributed by atoms with Gasteiger partial charge in [0, 0.05) is 19.7 Å². The van der Waals surface area contributed by atoms with Gasteiger partial charge in [0.05, 0.1) is 19.1 Å². The van der Waals surface area contributed by atoms with E-state index in [2.05, 4.69) is 5.32 Å². The lowest BCUT2D eigenvalue weighted by atomic mass is 10.1. The van der Waals surface area contributed by atoms with E-state index >= 15 is 0 Å². The van der Waals surface area contributed by atoms with Gasteiger partial charge in [-0.15, -0.1) is 0 Å². The number of hydrogen-bond donors (Lipinski definition) is 1. The van der Waals surface area contributed by atoms with Crippen molar-refractivity contribution < 1.29 is 31.5 Å².